The van der Waals surface area contributed by atoms with Crippen LogP contribution in [0.3, 0.4) is 0 Å². The number of carbonyl (C=O) groups is 1. The Morgan fingerprint density at radius 1 is 1.31 bits per heavy atom. The lowest BCUT2D eigenvalue weighted by atomic mass is 10.0. The molecular formula is C20H21ClF2N2O3S. The first-order valence-corrected chi connectivity index (χ1v) is 11.0. The zero-order valence-corrected chi connectivity index (χ0v) is 17.6. The summed E-state index contributed by atoms with van der Waals surface area (Å²) < 4.78 is 54.6. The Labute approximate surface area is 173 Å². The van der Waals surface area contributed by atoms with Gasteiger partial charge < -0.3 is 0 Å². The van der Waals surface area contributed by atoms with Gasteiger partial charge in [0.2, 0.25) is 10.0 Å². The number of alkyl halides is 1. The summed E-state index contributed by atoms with van der Waals surface area (Å²) in [6, 6.07) is 3.84. The molecule has 1 aromatic carbocycles. The summed E-state index contributed by atoms with van der Waals surface area (Å²) in [7, 11) is -4.15. The maximum absolute atomic E-state index is 14.4. The number of hydrogen-bond acceptors (Lipinski definition) is 4. The van der Waals surface area contributed by atoms with Crippen LogP contribution in [0.1, 0.15) is 30.9 Å². The van der Waals surface area contributed by atoms with Gasteiger partial charge in [-0.25, -0.2) is 22.2 Å². The van der Waals surface area contributed by atoms with E-state index < -0.39 is 34.1 Å². The first-order valence-electron chi connectivity index (χ1n) is 9.18. The van der Waals surface area contributed by atoms with Crippen LogP contribution in [0.2, 0.25) is 5.15 Å². The molecule has 29 heavy (non-hydrogen) atoms. The van der Waals surface area contributed by atoms with E-state index in [1.165, 1.54) is 6.92 Å². The molecule has 0 bridgehead atoms. The number of ketones is 1. The zero-order chi connectivity index (χ0) is 21.3. The molecule has 1 aromatic heterocycles. The van der Waals surface area contributed by atoms with E-state index in [0.29, 0.717) is 11.6 Å². The van der Waals surface area contributed by atoms with E-state index in [9.17, 15) is 22.0 Å². The van der Waals surface area contributed by atoms with Gasteiger partial charge in [-0.1, -0.05) is 11.6 Å². The topological polar surface area (TPSA) is 67.3 Å². The van der Waals surface area contributed by atoms with Gasteiger partial charge in [-0.05, 0) is 61.7 Å². The maximum atomic E-state index is 14.4. The number of nitrogens with zero attached hydrogens (tertiary/aromatic N) is 2. The summed E-state index contributed by atoms with van der Waals surface area (Å²) in [6.45, 7) is 3.27. The second-order valence-electron chi connectivity index (χ2n) is 7.20. The second kappa shape index (κ2) is 8.45. The van der Waals surface area contributed by atoms with E-state index in [0.717, 1.165) is 39.7 Å². The number of aromatic nitrogens is 1. The van der Waals surface area contributed by atoms with Crippen LogP contribution in [-0.2, 0) is 21.2 Å². The van der Waals surface area contributed by atoms with Crippen molar-refractivity contribution in [2.24, 2.45) is 0 Å². The number of aryl methyl sites for hydroxylation is 2. The summed E-state index contributed by atoms with van der Waals surface area (Å²) in [4.78, 5) is 16.7. The minimum atomic E-state index is -4.15. The molecule has 3 atom stereocenters. The summed E-state index contributed by atoms with van der Waals surface area (Å²) >= 11 is 5.90. The third-order valence-electron chi connectivity index (χ3n) is 5.26. The van der Waals surface area contributed by atoms with Crippen molar-refractivity contribution in [2.75, 3.05) is 0 Å². The number of hydrogen-bond donors (Lipinski definition) is 0. The highest BCUT2D eigenvalue weighted by atomic mass is 35.5. The average Bonchev–Trinajstić information content (AvgIpc) is 2.98. The second-order valence-corrected chi connectivity index (χ2v) is 9.43. The number of pyridine rings is 1. The summed E-state index contributed by atoms with van der Waals surface area (Å²) in [5, 5.41) is 0.303. The smallest absolute Gasteiger partial charge is 0.244 e. The molecule has 0 spiro atoms. The highest BCUT2D eigenvalue weighted by Crippen LogP contribution is 2.34. The van der Waals surface area contributed by atoms with Crippen LogP contribution < -0.4 is 0 Å². The molecule has 1 aliphatic heterocycles. The molecule has 0 radical (unpaired) electrons. The Bertz CT molecular complexity index is 1010. The number of halogens is 3. The molecule has 2 heterocycles. The van der Waals surface area contributed by atoms with E-state index in [2.05, 4.69) is 4.98 Å². The van der Waals surface area contributed by atoms with Crippen LogP contribution in [0.25, 0.3) is 0 Å². The van der Waals surface area contributed by atoms with Crippen LogP contribution in [0, 0.1) is 12.7 Å². The van der Waals surface area contributed by atoms with Crippen LogP contribution in [-0.4, -0.2) is 41.7 Å². The van der Waals surface area contributed by atoms with Gasteiger partial charge in [-0.2, -0.15) is 4.31 Å². The predicted octanol–water partition coefficient (Wildman–Crippen LogP) is 3.87. The van der Waals surface area contributed by atoms with Crippen molar-refractivity contribution >= 4 is 27.4 Å². The van der Waals surface area contributed by atoms with Crippen molar-refractivity contribution in [3.8, 4) is 0 Å². The number of sulfonamides is 1. The monoisotopic (exact) mass is 442 g/mol. The van der Waals surface area contributed by atoms with Gasteiger partial charge in [0.15, 0.2) is 5.78 Å². The average molecular weight is 443 g/mol. The quantitative estimate of drug-likeness (QED) is 0.637. The molecule has 0 saturated carbocycles. The Morgan fingerprint density at radius 2 is 1.97 bits per heavy atom. The molecule has 156 valence electrons. The molecule has 9 heteroatoms. The normalized spacial score (nSPS) is 22.7. The minimum absolute atomic E-state index is 0.0424. The van der Waals surface area contributed by atoms with Crippen molar-refractivity contribution in [3.63, 3.8) is 0 Å². The molecule has 1 fully saturated rings. The molecule has 0 amide bonds. The molecule has 2 aromatic rings. The van der Waals surface area contributed by atoms with E-state index in [1.807, 2.05) is 6.92 Å². The highest BCUT2D eigenvalue weighted by Gasteiger charge is 2.48. The van der Waals surface area contributed by atoms with Crippen molar-refractivity contribution in [1.82, 2.24) is 9.29 Å². The van der Waals surface area contributed by atoms with Gasteiger partial charge in [-0.3, -0.25) is 4.79 Å². The van der Waals surface area contributed by atoms with Crippen molar-refractivity contribution < 1.29 is 22.0 Å². The van der Waals surface area contributed by atoms with Gasteiger partial charge in [0.05, 0.1) is 17.0 Å². The van der Waals surface area contributed by atoms with Gasteiger partial charge in [0, 0.05) is 19.0 Å². The fourth-order valence-electron chi connectivity index (χ4n) is 3.58. The van der Waals surface area contributed by atoms with Gasteiger partial charge in [0.25, 0.3) is 0 Å². The third kappa shape index (κ3) is 4.49. The molecule has 1 aliphatic rings. The number of carbonyl (C=O) groups excluding carboxylic acids is 1. The highest BCUT2D eigenvalue weighted by molar-refractivity contribution is 7.89. The van der Waals surface area contributed by atoms with Gasteiger partial charge in [-0.15, -0.1) is 0 Å². The number of rotatable bonds is 6. The van der Waals surface area contributed by atoms with Crippen LogP contribution >= 0.6 is 11.6 Å². The SMILES string of the molecule is Cc1cnc(Cl)cc1CCC(=O)[C@@H]1C[C@@H](F)[C@H](C)N1S(=O)(=O)c1ccc(F)cc1. The van der Waals surface area contributed by atoms with E-state index >= 15 is 0 Å². The molecule has 1 saturated heterocycles. The zero-order valence-electron chi connectivity index (χ0n) is 16.0. The lowest BCUT2D eigenvalue weighted by Crippen LogP contribution is -2.44. The third-order valence-corrected chi connectivity index (χ3v) is 7.48. The van der Waals surface area contributed by atoms with E-state index in [-0.39, 0.29) is 23.5 Å². The molecule has 3 rings (SSSR count). The first kappa shape index (κ1) is 21.8. The molecule has 0 N–H and O–H groups in total. The number of benzene rings is 1. The largest absolute Gasteiger partial charge is 0.298 e. The van der Waals surface area contributed by atoms with Crippen LogP contribution in [0.5, 0.6) is 0 Å². The summed E-state index contributed by atoms with van der Waals surface area (Å²) in [5.74, 6) is -0.948. The predicted molar refractivity (Wildman–Crippen MR) is 105 cm³/mol. The fraction of sp³-hybridized carbons (Fsp3) is 0.400. The van der Waals surface area contributed by atoms with Crippen molar-refractivity contribution in [2.45, 2.75) is 56.3 Å². The lowest BCUT2D eigenvalue weighted by Gasteiger charge is -2.26. The van der Waals surface area contributed by atoms with Crippen LogP contribution in [0.15, 0.2) is 41.4 Å². The molecule has 0 unspecified atom stereocenters. The molecular weight excluding hydrogens is 422 g/mol. The molecule has 5 nitrogen and oxygen atoms in total. The summed E-state index contributed by atoms with van der Waals surface area (Å²) in [6.07, 6.45) is 0.329. The Morgan fingerprint density at radius 3 is 2.62 bits per heavy atom. The lowest BCUT2D eigenvalue weighted by molar-refractivity contribution is -0.122. The number of Topliss-reactive ketones (excluding diaryl/α,β-unsaturated/α-hetero) is 1. The Kier molecular flexibility index (Phi) is 6.36. The van der Waals surface area contributed by atoms with Gasteiger partial charge >= 0.3 is 0 Å². The molecule has 0 aliphatic carbocycles. The van der Waals surface area contributed by atoms with Crippen molar-refractivity contribution in [3.05, 3.63) is 58.6 Å². The summed E-state index contributed by atoms with van der Waals surface area (Å²) in [5.41, 5.74) is 1.69. The first-order chi connectivity index (χ1) is 13.6. The Hall–Kier alpha value is -1.90. The van der Waals surface area contributed by atoms with E-state index in [1.54, 1.807) is 12.3 Å². The fourth-order valence-corrected chi connectivity index (χ4v) is 5.59. The van der Waals surface area contributed by atoms with E-state index in [4.69, 9.17) is 11.6 Å². The van der Waals surface area contributed by atoms with Crippen LogP contribution in [0.4, 0.5) is 8.78 Å². The standard InChI is InChI=1S/C20H21ClF2N2O3S/c1-12-11-24-20(21)9-14(12)3-8-19(26)18-10-17(23)13(2)25(18)29(27,28)16-6-4-15(22)5-7-16/h4-7,9,11,13,17-18H,3,8,10H2,1-2H3/t13-,17+,18-/m0/s1. The van der Waals surface area contributed by atoms with Gasteiger partial charge in [0.1, 0.15) is 17.1 Å². The Balaban J connectivity index is 1.83. The minimum Gasteiger partial charge on any atom is -0.298 e. The van der Waals surface area contributed by atoms with Crippen molar-refractivity contribution in [1.29, 1.82) is 0 Å². The maximum Gasteiger partial charge on any atom is 0.244 e.